The molecule has 0 atom stereocenters. The van der Waals surface area contributed by atoms with Crippen molar-refractivity contribution < 1.29 is 9.59 Å². The van der Waals surface area contributed by atoms with Crippen molar-refractivity contribution in [3.8, 4) is 0 Å². The summed E-state index contributed by atoms with van der Waals surface area (Å²) in [6.45, 7) is 0. The molecule has 1 saturated carbocycles. The van der Waals surface area contributed by atoms with E-state index in [1.165, 1.54) is 0 Å². The van der Waals surface area contributed by atoms with Gasteiger partial charge in [0.25, 0.3) is 0 Å². The Morgan fingerprint density at radius 2 is 2.07 bits per heavy atom. The van der Waals surface area contributed by atoms with E-state index >= 15 is 0 Å². The Morgan fingerprint density at radius 3 is 2.64 bits per heavy atom. The summed E-state index contributed by atoms with van der Waals surface area (Å²) in [5.74, 6) is 0.495. The van der Waals surface area contributed by atoms with Crippen molar-refractivity contribution in [1.82, 2.24) is 4.98 Å². The second-order valence-corrected chi connectivity index (χ2v) is 3.76. The molecule has 1 aliphatic carbocycles. The molecule has 14 heavy (non-hydrogen) atoms. The third-order valence-electron chi connectivity index (χ3n) is 2.78. The minimum absolute atomic E-state index is 0.0475. The summed E-state index contributed by atoms with van der Waals surface area (Å²) in [5, 5.41) is 0. The van der Waals surface area contributed by atoms with Gasteiger partial charge in [-0.25, -0.2) is 0 Å². The van der Waals surface area contributed by atoms with E-state index in [-0.39, 0.29) is 11.7 Å². The quantitative estimate of drug-likeness (QED) is 0.726. The molecule has 0 aliphatic heterocycles. The summed E-state index contributed by atoms with van der Waals surface area (Å²) in [5.41, 5.74) is 0.671. The molecule has 1 aromatic heterocycles. The Morgan fingerprint density at radius 1 is 1.36 bits per heavy atom. The maximum absolute atomic E-state index is 11.8. The number of hydrogen-bond acceptors (Lipinski definition) is 2. The molecule has 1 aromatic rings. The smallest absolute Gasteiger partial charge is 0.182 e. The first-order chi connectivity index (χ1) is 6.77. The van der Waals surface area contributed by atoms with E-state index in [0.29, 0.717) is 24.3 Å². The first kappa shape index (κ1) is 9.19. The van der Waals surface area contributed by atoms with Crippen LogP contribution in [0.25, 0.3) is 0 Å². The molecule has 3 heteroatoms. The van der Waals surface area contributed by atoms with E-state index in [1.807, 2.05) is 6.07 Å². The Balaban J connectivity index is 2.03. The molecular formula is C11H13NO2. The number of nitrogens with one attached hydrogen (secondary N) is 1. The largest absolute Gasteiger partial charge is 0.359 e. The highest BCUT2D eigenvalue weighted by molar-refractivity contribution is 5.97. The SMILES string of the molecule is O=C1CCC(C(=O)c2ccc[nH]2)CC1. The van der Waals surface area contributed by atoms with Crippen LogP contribution in [-0.2, 0) is 4.79 Å². The molecule has 0 bridgehead atoms. The lowest BCUT2D eigenvalue weighted by Gasteiger charge is -2.18. The Bertz CT molecular complexity index is 330. The summed E-state index contributed by atoms with van der Waals surface area (Å²) in [6, 6.07) is 3.61. The van der Waals surface area contributed by atoms with E-state index < -0.39 is 0 Å². The van der Waals surface area contributed by atoms with Gasteiger partial charge < -0.3 is 4.98 Å². The number of hydrogen-bond donors (Lipinski definition) is 1. The van der Waals surface area contributed by atoms with Crippen LogP contribution in [0.2, 0.25) is 0 Å². The van der Waals surface area contributed by atoms with Crippen LogP contribution in [0.1, 0.15) is 36.2 Å². The second kappa shape index (κ2) is 3.78. The number of rotatable bonds is 2. The van der Waals surface area contributed by atoms with Gasteiger partial charge in [-0.15, -0.1) is 0 Å². The van der Waals surface area contributed by atoms with Crippen molar-refractivity contribution >= 4 is 11.6 Å². The van der Waals surface area contributed by atoms with Gasteiger partial charge in [0.1, 0.15) is 5.78 Å². The number of carbonyl (C=O) groups is 2. The minimum Gasteiger partial charge on any atom is -0.359 e. The van der Waals surface area contributed by atoms with E-state index in [1.54, 1.807) is 12.3 Å². The zero-order valence-corrected chi connectivity index (χ0v) is 7.95. The molecule has 0 unspecified atom stereocenters. The van der Waals surface area contributed by atoms with Crippen LogP contribution in [0.4, 0.5) is 0 Å². The Labute approximate surface area is 82.5 Å². The van der Waals surface area contributed by atoms with Crippen molar-refractivity contribution in [2.24, 2.45) is 5.92 Å². The van der Waals surface area contributed by atoms with E-state index in [2.05, 4.69) is 4.98 Å². The van der Waals surface area contributed by atoms with E-state index in [4.69, 9.17) is 0 Å². The van der Waals surface area contributed by atoms with E-state index in [9.17, 15) is 9.59 Å². The second-order valence-electron chi connectivity index (χ2n) is 3.76. The van der Waals surface area contributed by atoms with Crippen LogP contribution in [-0.4, -0.2) is 16.6 Å². The maximum atomic E-state index is 11.8. The fourth-order valence-electron chi connectivity index (χ4n) is 1.91. The summed E-state index contributed by atoms with van der Waals surface area (Å²) < 4.78 is 0. The highest BCUT2D eigenvalue weighted by atomic mass is 16.1. The van der Waals surface area contributed by atoms with Gasteiger partial charge in [-0.3, -0.25) is 9.59 Å². The molecular weight excluding hydrogens is 178 g/mol. The molecule has 0 saturated heterocycles. The third-order valence-corrected chi connectivity index (χ3v) is 2.78. The molecule has 1 fully saturated rings. The molecule has 0 radical (unpaired) electrons. The molecule has 2 rings (SSSR count). The molecule has 0 spiro atoms. The number of aromatic amines is 1. The zero-order chi connectivity index (χ0) is 9.97. The molecule has 0 aromatic carbocycles. The number of Topliss-reactive ketones (excluding diaryl/α,β-unsaturated/α-hetero) is 2. The average molecular weight is 191 g/mol. The molecule has 1 heterocycles. The van der Waals surface area contributed by atoms with Crippen molar-refractivity contribution in [3.63, 3.8) is 0 Å². The summed E-state index contributed by atoms with van der Waals surface area (Å²) in [4.78, 5) is 25.7. The Hall–Kier alpha value is -1.38. The average Bonchev–Trinajstić information content (AvgIpc) is 2.71. The number of aromatic nitrogens is 1. The van der Waals surface area contributed by atoms with Gasteiger partial charge in [0.15, 0.2) is 5.78 Å². The van der Waals surface area contributed by atoms with Crippen molar-refractivity contribution in [1.29, 1.82) is 0 Å². The normalized spacial score (nSPS) is 18.4. The highest BCUT2D eigenvalue weighted by Gasteiger charge is 2.25. The first-order valence-corrected chi connectivity index (χ1v) is 4.96. The lowest BCUT2D eigenvalue weighted by Crippen LogP contribution is -2.22. The molecule has 1 N–H and O–H groups in total. The fourth-order valence-corrected chi connectivity index (χ4v) is 1.91. The van der Waals surface area contributed by atoms with Gasteiger partial charge in [0.05, 0.1) is 5.69 Å². The van der Waals surface area contributed by atoms with Gasteiger partial charge in [-0.05, 0) is 25.0 Å². The minimum atomic E-state index is 0.0475. The summed E-state index contributed by atoms with van der Waals surface area (Å²) >= 11 is 0. The van der Waals surface area contributed by atoms with Crippen LogP contribution in [0, 0.1) is 5.92 Å². The van der Waals surface area contributed by atoms with Gasteiger partial charge in [-0.2, -0.15) is 0 Å². The maximum Gasteiger partial charge on any atom is 0.182 e. The highest BCUT2D eigenvalue weighted by Crippen LogP contribution is 2.24. The fraction of sp³-hybridized carbons (Fsp3) is 0.455. The molecule has 74 valence electrons. The molecule has 1 aliphatic rings. The van der Waals surface area contributed by atoms with Crippen LogP contribution >= 0.6 is 0 Å². The van der Waals surface area contributed by atoms with Crippen molar-refractivity contribution in [2.75, 3.05) is 0 Å². The number of ketones is 2. The van der Waals surface area contributed by atoms with Crippen LogP contribution in [0.5, 0.6) is 0 Å². The number of carbonyl (C=O) groups excluding carboxylic acids is 2. The van der Waals surface area contributed by atoms with Crippen LogP contribution < -0.4 is 0 Å². The lowest BCUT2D eigenvalue weighted by atomic mass is 9.84. The lowest BCUT2D eigenvalue weighted by molar-refractivity contribution is -0.120. The van der Waals surface area contributed by atoms with Crippen LogP contribution in [0.3, 0.4) is 0 Å². The molecule has 0 amide bonds. The number of H-pyrrole nitrogens is 1. The standard InChI is InChI=1S/C11H13NO2/c13-9-5-3-8(4-6-9)11(14)10-2-1-7-12-10/h1-2,7-8,12H,3-6H2. The predicted molar refractivity (Wildman–Crippen MR) is 52.1 cm³/mol. The van der Waals surface area contributed by atoms with Crippen molar-refractivity contribution in [3.05, 3.63) is 24.0 Å². The van der Waals surface area contributed by atoms with Crippen molar-refractivity contribution in [2.45, 2.75) is 25.7 Å². The third kappa shape index (κ3) is 1.76. The first-order valence-electron chi connectivity index (χ1n) is 4.96. The molecule has 3 nitrogen and oxygen atoms in total. The van der Waals surface area contributed by atoms with Gasteiger partial charge in [-0.1, -0.05) is 0 Å². The zero-order valence-electron chi connectivity index (χ0n) is 7.95. The van der Waals surface area contributed by atoms with Gasteiger partial charge in [0.2, 0.25) is 0 Å². The summed E-state index contributed by atoms with van der Waals surface area (Å²) in [6.07, 6.45) is 4.32. The summed E-state index contributed by atoms with van der Waals surface area (Å²) in [7, 11) is 0. The van der Waals surface area contributed by atoms with Crippen LogP contribution in [0.15, 0.2) is 18.3 Å². The Kier molecular flexibility index (Phi) is 2.48. The van der Waals surface area contributed by atoms with E-state index in [0.717, 1.165) is 12.8 Å². The monoisotopic (exact) mass is 191 g/mol. The predicted octanol–water partition coefficient (Wildman–Crippen LogP) is 1.96. The van der Waals surface area contributed by atoms with Gasteiger partial charge in [0, 0.05) is 25.0 Å². The topological polar surface area (TPSA) is 49.9 Å². The van der Waals surface area contributed by atoms with Gasteiger partial charge >= 0.3 is 0 Å².